The fraction of sp³-hybridized carbons (Fsp3) is 0.846. The maximum Gasteiger partial charge on any atom is 0.141 e. The summed E-state index contributed by atoms with van der Waals surface area (Å²) in [4.78, 5) is 4.41. The van der Waals surface area contributed by atoms with Crippen LogP contribution in [0.3, 0.4) is 0 Å². The van der Waals surface area contributed by atoms with Crippen molar-refractivity contribution in [2.45, 2.75) is 51.2 Å². The molecule has 1 aliphatic rings. The van der Waals surface area contributed by atoms with Crippen molar-refractivity contribution >= 4 is 8.07 Å². The van der Waals surface area contributed by atoms with Gasteiger partial charge in [-0.05, 0) is 25.4 Å². The molecule has 0 aromatic carbocycles. The largest absolute Gasteiger partial charge is 0.359 e. The van der Waals surface area contributed by atoms with E-state index in [1.807, 2.05) is 4.68 Å². The lowest BCUT2D eigenvalue weighted by atomic mass is 9.99. The summed E-state index contributed by atoms with van der Waals surface area (Å²) in [6.45, 7) is 10.6. The van der Waals surface area contributed by atoms with Crippen molar-refractivity contribution < 1.29 is 4.74 Å². The Morgan fingerprint density at radius 2 is 2.32 bits per heavy atom. The fourth-order valence-corrected chi connectivity index (χ4v) is 3.05. The minimum Gasteiger partial charge on any atom is -0.359 e. The predicted molar refractivity (Wildman–Crippen MR) is 79.0 cm³/mol. The molecule has 1 atom stereocenters. The third-order valence-electron chi connectivity index (χ3n) is 3.52. The molecular weight excluding hydrogens is 256 g/mol. The molecule has 0 aliphatic carbocycles. The molecule has 1 N–H and O–H groups in total. The lowest BCUT2D eigenvalue weighted by molar-refractivity contribution is 0.0748. The van der Waals surface area contributed by atoms with Gasteiger partial charge in [0.05, 0.1) is 0 Å². The van der Waals surface area contributed by atoms with Gasteiger partial charge in [-0.2, -0.15) is 5.10 Å². The molecule has 0 amide bonds. The van der Waals surface area contributed by atoms with E-state index in [2.05, 4.69) is 35.0 Å². The minimum atomic E-state index is -1.01. The van der Waals surface area contributed by atoms with Gasteiger partial charge in [0.25, 0.3) is 0 Å². The smallest absolute Gasteiger partial charge is 0.141 e. The summed E-state index contributed by atoms with van der Waals surface area (Å²) in [5.41, 5.74) is 0. The normalized spacial score (nSPS) is 20.7. The van der Waals surface area contributed by atoms with Gasteiger partial charge in [0, 0.05) is 27.1 Å². The molecular formula is C13H26N4OSi. The number of ether oxygens (including phenoxy) is 1. The SMILES string of the molecule is C[Si](C)(C)CCOCn1ncnc1C1CCCNC1. The van der Waals surface area contributed by atoms with Crippen LogP contribution in [0.2, 0.25) is 25.7 Å². The molecule has 6 heteroatoms. The molecule has 0 radical (unpaired) electrons. The van der Waals surface area contributed by atoms with E-state index in [9.17, 15) is 0 Å². The first-order chi connectivity index (χ1) is 9.06. The number of nitrogens with one attached hydrogen (secondary N) is 1. The molecule has 0 spiro atoms. The van der Waals surface area contributed by atoms with Gasteiger partial charge in [-0.1, -0.05) is 19.6 Å². The second-order valence-electron chi connectivity index (χ2n) is 6.51. The third-order valence-corrected chi connectivity index (χ3v) is 5.22. The van der Waals surface area contributed by atoms with Crippen LogP contribution in [0.1, 0.15) is 24.6 Å². The quantitative estimate of drug-likeness (QED) is 0.641. The summed E-state index contributed by atoms with van der Waals surface area (Å²) in [6, 6.07) is 1.20. The predicted octanol–water partition coefficient (Wildman–Crippen LogP) is 2.06. The van der Waals surface area contributed by atoms with E-state index in [0.29, 0.717) is 12.6 Å². The maximum atomic E-state index is 5.76. The van der Waals surface area contributed by atoms with E-state index >= 15 is 0 Å². The molecule has 19 heavy (non-hydrogen) atoms. The van der Waals surface area contributed by atoms with Crippen LogP contribution >= 0.6 is 0 Å². The van der Waals surface area contributed by atoms with Crippen molar-refractivity contribution in [1.29, 1.82) is 0 Å². The highest BCUT2D eigenvalue weighted by molar-refractivity contribution is 6.76. The lowest BCUT2D eigenvalue weighted by Gasteiger charge is -2.22. The van der Waals surface area contributed by atoms with Crippen molar-refractivity contribution in [3.8, 4) is 0 Å². The summed E-state index contributed by atoms with van der Waals surface area (Å²) < 4.78 is 7.68. The molecule has 5 nitrogen and oxygen atoms in total. The minimum absolute atomic E-state index is 0.483. The van der Waals surface area contributed by atoms with Gasteiger partial charge in [-0.25, -0.2) is 9.67 Å². The number of piperidine rings is 1. The van der Waals surface area contributed by atoms with Gasteiger partial charge in [-0.15, -0.1) is 0 Å². The Morgan fingerprint density at radius 3 is 3.00 bits per heavy atom. The summed E-state index contributed by atoms with van der Waals surface area (Å²) in [5, 5.41) is 7.71. The first-order valence-corrected chi connectivity index (χ1v) is 10.9. The van der Waals surface area contributed by atoms with Crippen LogP contribution in [0.5, 0.6) is 0 Å². The Kier molecular flexibility index (Phi) is 5.12. The molecule has 108 valence electrons. The van der Waals surface area contributed by atoms with Crippen LogP contribution in [0.25, 0.3) is 0 Å². The van der Waals surface area contributed by atoms with Gasteiger partial charge in [0.1, 0.15) is 18.9 Å². The van der Waals surface area contributed by atoms with Crippen molar-refractivity contribution in [1.82, 2.24) is 20.1 Å². The van der Waals surface area contributed by atoms with Crippen LogP contribution in [-0.4, -0.2) is 42.5 Å². The number of aromatic nitrogens is 3. The molecule has 2 heterocycles. The second-order valence-corrected chi connectivity index (χ2v) is 12.1. The zero-order valence-electron chi connectivity index (χ0n) is 12.4. The van der Waals surface area contributed by atoms with Crippen molar-refractivity contribution in [3.63, 3.8) is 0 Å². The highest BCUT2D eigenvalue weighted by atomic mass is 28.3. The van der Waals surface area contributed by atoms with Gasteiger partial charge >= 0.3 is 0 Å². The number of hydrogen-bond donors (Lipinski definition) is 1. The van der Waals surface area contributed by atoms with E-state index < -0.39 is 8.07 Å². The molecule has 1 aliphatic heterocycles. The molecule has 0 bridgehead atoms. The van der Waals surface area contributed by atoms with Crippen LogP contribution < -0.4 is 5.32 Å². The second kappa shape index (κ2) is 6.63. The Hall–Kier alpha value is -0.723. The molecule has 1 fully saturated rings. The van der Waals surface area contributed by atoms with Crippen molar-refractivity contribution in [2.75, 3.05) is 19.7 Å². The monoisotopic (exact) mass is 282 g/mol. The van der Waals surface area contributed by atoms with Gasteiger partial charge in [-0.3, -0.25) is 0 Å². The number of nitrogens with zero attached hydrogens (tertiary/aromatic N) is 3. The van der Waals surface area contributed by atoms with Gasteiger partial charge in [0.2, 0.25) is 0 Å². The van der Waals surface area contributed by atoms with Crippen molar-refractivity contribution in [2.24, 2.45) is 0 Å². The molecule has 1 aromatic rings. The van der Waals surface area contributed by atoms with Crippen LogP contribution in [0.15, 0.2) is 6.33 Å². The molecule has 2 rings (SSSR count). The van der Waals surface area contributed by atoms with Crippen molar-refractivity contribution in [3.05, 3.63) is 12.2 Å². The first-order valence-electron chi connectivity index (χ1n) is 7.22. The average molecular weight is 282 g/mol. The fourth-order valence-electron chi connectivity index (χ4n) is 2.29. The standard InChI is InChI=1S/C13H26N4OSi/c1-19(2,3)8-7-18-11-17-13(15-10-16-17)12-5-4-6-14-9-12/h10,12,14H,4-9,11H2,1-3H3. The van der Waals surface area contributed by atoms with E-state index in [4.69, 9.17) is 4.74 Å². The van der Waals surface area contributed by atoms with E-state index in [0.717, 1.165) is 25.5 Å². The number of hydrogen-bond acceptors (Lipinski definition) is 4. The topological polar surface area (TPSA) is 52.0 Å². The third kappa shape index (κ3) is 4.70. The van der Waals surface area contributed by atoms with Crippen LogP contribution in [0, 0.1) is 0 Å². The highest BCUT2D eigenvalue weighted by Crippen LogP contribution is 2.20. The maximum absolute atomic E-state index is 5.76. The van der Waals surface area contributed by atoms with Crippen LogP contribution in [0.4, 0.5) is 0 Å². The first kappa shape index (κ1) is 14.7. The lowest BCUT2D eigenvalue weighted by Crippen LogP contribution is -2.30. The van der Waals surface area contributed by atoms with Gasteiger partial charge < -0.3 is 10.1 Å². The van der Waals surface area contributed by atoms with Crippen LogP contribution in [-0.2, 0) is 11.5 Å². The molecule has 1 saturated heterocycles. The van der Waals surface area contributed by atoms with E-state index in [1.54, 1.807) is 6.33 Å². The Morgan fingerprint density at radius 1 is 1.47 bits per heavy atom. The molecule has 0 saturated carbocycles. The average Bonchev–Trinajstić information content (AvgIpc) is 2.83. The summed E-state index contributed by atoms with van der Waals surface area (Å²) in [7, 11) is -1.01. The Balaban J connectivity index is 1.82. The van der Waals surface area contributed by atoms with E-state index in [-0.39, 0.29) is 0 Å². The highest BCUT2D eigenvalue weighted by Gasteiger charge is 2.20. The summed E-state index contributed by atoms with van der Waals surface area (Å²) in [5.74, 6) is 1.55. The Bertz CT molecular complexity index is 382. The Labute approximate surface area is 116 Å². The van der Waals surface area contributed by atoms with E-state index in [1.165, 1.54) is 18.9 Å². The number of rotatable bonds is 6. The van der Waals surface area contributed by atoms with Gasteiger partial charge in [0.15, 0.2) is 0 Å². The summed E-state index contributed by atoms with van der Waals surface area (Å²) >= 11 is 0. The summed E-state index contributed by atoms with van der Waals surface area (Å²) in [6.07, 6.45) is 4.06. The zero-order valence-corrected chi connectivity index (χ0v) is 13.4. The zero-order chi connectivity index (χ0) is 13.7. The molecule has 1 unspecified atom stereocenters. The molecule has 1 aromatic heterocycles.